The van der Waals surface area contributed by atoms with Gasteiger partial charge in [0.1, 0.15) is 5.75 Å². The van der Waals surface area contributed by atoms with E-state index in [0.717, 1.165) is 50.3 Å². The highest BCUT2D eigenvalue weighted by Crippen LogP contribution is 2.27. The Hall–Kier alpha value is -1.22. The fourth-order valence-electron chi connectivity index (χ4n) is 1.94. The minimum absolute atomic E-state index is 0.277. The molecule has 2 rings (SSSR count). The molecule has 1 aliphatic rings. The molecule has 0 spiro atoms. The molecule has 1 aromatic carbocycles. The molecule has 0 bridgehead atoms. The maximum Gasteiger partial charge on any atom is 0.122 e. The molecule has 88 valence electrons. The Balaban J connectivity index is 1.90. The van der Waals surface area contributed by atoms with E-state index < -0.39 is 0 Å². The highest BCUT2D eigenvalue weighted by Gasteiger charge is 2.09. The standard InChI is InChI=1S/C13H19NO2/c15-8-2-1-7-14-12-5-6-13-11(10-12)4-3-9-16-13/h5-6,10,14-15H,1-4,7-9H2. The topological polar surface area (TPSA) is 41.5 Å². The van der Waals surface area contributed by atoms with Gasteiger partial charge in [-0.3, -0.25) is 0 Å². The number of benzene rings is 1. The quantitative estimate of drug-likeness (QED) is 0.749. The highest BCUT2D eigenvalue weighted by atomic mass is 16.5. The number of fused-ring (bicyclic) bond motifs is 1. The van der Waals surface area contributed by atoms with Crippen LogP contribution in [0.4, 0.5) is 5.69 Å². The van der Waals surface area contributed by atoms with Crippen LogP contribution in [0.1, 0.15) is 24.8 Å². The van der Waals surface area contributed by atoms with E-state index in [9.17, 15) is 0 Å². The summed E-state index contributed by atoms with van der Waals surface area (Å²) in [6.45, 7) is 2.04. The van der Waals surface area contributed by atoms with Crippen molar-refractivity contribution in [2.45, 2.75) is 25.7 Å². The number of hydrogen-bond donors (Lipinski definition) is 2. The Bertz CT molecular complexity index is 339. The first-order valence-electron chi connectivity index (χ1n) is 6.00. The summed E-state index contributed by atoms with van der Waals surface area (Å²) in [4.78, 5) is 0. The molecule has 0 atom stereocenters. The SMILES string of the molecule is OCCCCNc1ccc2c(c1)CCCO2. The zero-order valence-electron chi connectivity index (χ0n) is 9.54. The van der Waals surface area contributed by atoms with Gasteiger partial charge in [0, 0.05) is 18.8 Å². The van der Waals surface area contributed by atoms with E-state index in [1.54, 1.807) is 0 Å². The third-order valence-electron chi connectivity index (χ3n) is 2.82. The predicted octanol–water partition coefficient (Wildman–Crippen LogP) is 2.20. The molecule has 0 fully saturated rings. The number of anilines is 1. The summed E-state index contributed by atoms with van der Waals surface area (Å²) in [5, 5.41) is 12.0. The largest absolute Gasteiger partial charge is 0.493 e. The third kappa shape index (κ3) is 2.89. The molecule has 16 heavy (non-hydrogen) atoms. The fourth-order valence-corrected chi connectivity index (χ4v) is 1.94. The average Bonchev–Trinajstić information content (AvgIpc) is 2.34. The molecule has 2 N–H and O–H groups in total. The zero-order valence-corrected chi connectivity index (χ0v) is 9.54. The summed E-state index contributed by atoms with van der Waals surface area (Å²) in [6, 6.07) is 6.28. The minimum Gasteiger partial charge on any atom is -0.493 e. The van der Waals surface area contributed by atoms with Gasteiger partial charge in [-0.05, 0) is 49.4 Å². The van der Waals surface area contributed by atoms with E-state index in [-0.39, 0.29) is 6.61 Å². The van der Waals surface area contributed by atoms with Crippen LogP contribution < -0.4 is 10.1 Å². The monoisotopic (exact) mass is 221 g/mol. The van der Waals surface area contributed by atoms with Crippen LogP contribution in [0.2, 0.25) is 0 Å². The first kappa shape index (κ1) is 11.3. The molecular weight excluding hydrogens is 202 g/mol. The first-order valence-corrected chi connectivity index (χ1v) is 6.00. The number of rotatable bonds is 5. The second kappa shape index (κ2) is 5.75. The van der Waals surface area contributed by atoms with Gasteiger partial charge in [-0.25, -0.2) is 0 Å². The molecular formula is C13H19NO2. The van der Waals surface area contributed by atoms with Crippen molar-refractivity contribution in [3.63, 3.8) is 0 Å². The van der Waals surface area contributed by atoms with E-state index >= 15 is 0 Å². The van der Waals surface area contributed by atoms with Gasteiger partial charge in [0.15, 0.2) is 0 Å². The van der Waals surface area contributed by atoms with Gasteiger partial charge < -0.3 is 15.2 Å². The lowest BCUT2D eigenvalue weighted by atomic mass is 10.1. The Kier molecular flexibility index (Phi) is 4.05. The van der Waals surface area contributed by atoms with Crippen LogP contribution >= 0.6 is 0 Å². The second-order valence-corrected chi connectivity index (χ2v) is 4.13. The maximum absolute atomic E-state index is 8.68. The van der Waals surface area contributed by atoms with Gasteiger partial charge >= 0.3 is 0 Å². The van der Waals surface area contributed by atoms with Crippen molar-refractivity contribution in [1.29, 1.82) is 0 Å². The second-order valence-electron chi connectivity index (χ2n) is 4.13. The Labute approximate surface area is 96.4 Å². The van der Waals surface area contributed by atoms with Crippen molar-refractivity contribution in [3.8, 4) is 5.75 Å². The number of aryl methyl sites for hydroxylation is 1. The molecule has 1 aromatic rings. The molecule has 0 amide bonds. The minimum atomic E-state index is 0.277. The number of aliphatic hydroxyl groups is 1. The average molecular weight is 221 g/mol. The van der Waals surface area contributed by atoms with Gasteiger partial charge in [0.25, 0.3) is 0 Å². The lowest BCUT2D eigenvalue weighted by Crippen LogP contribution is -2.09. The molecule has 1 aliphatic heterocycles. The molecule has 0 aliphatic carbocycles. The number of ether oxygens (including phenoxy) is 1. The molecule has 0 unspecified atom stereocenters. The Morgan fingerprint density at radius 2 is 2.25 bits per heavy atom. The van der Waals surface area contributed by atoms with E-state index in [0.29, 0.717) is 0 Å². The number of unbranched alkanes of at least 4 members (excludes halogenated alkanes) is 1. The van der Waals surface area contributed by atoms with Crippen molar-refractivity contribution in [1.82, 2.24) is 0 Å². The van der Waals surface area contributed by atoms with E-state index in [1.807, 2.05) is 6.07 Å². The van der Waals surface area contributed by atoms with Crippen LogP contribution in [0, 0.1) is 0 Å². The smallest absolute Gasteiger partial charge is 0.122 e. The van der Waals surface area contributed by atoms with Gasteiger partial charge in [0.05, 0.1) is 6.61 Å². The Morgan fingerprint density at radius 3 is 3.12 bits per heavy atom. The lowest BCUT2D eigenvalue weighted by molar-refractivity contribution is 0.286. The van der Waals surface area contributed by atoms with Crippen LogP contribution in [-0.2, 0) is 6.42 Å². The highest BCUT2D eigenvalue weighted by molar-refractivity contribution is 5.51. The number of aliphatic hydroxyl groups excluding tert-OH is 1. The van der Waals surface area contributed by atoms with Crippen molar-refractivity contribution in [3.05, 3.63) is 23.8 Å². The summed E-state index contributed by atoms with van der Waals surface area (Å²) in [5.41, 5.74) is 2.46. The van der Waals surface area contributed by atoms with Gasteiger partial charge in [-0.15, -0.1) is 0 Å². The van der Waals surface area contributed by atoms with E-state index in [1.165, 1.54) is 5.56 Å². The van der Waals surface area contributed by atoms with Crippen LogP contribution in [0.5, 0.6) is 5.75 Å². The zero-order chi connectivity index (χ0) is 11.2. The number of nitrogens with one attached hydrogen (secondary N) is 1. The molecule has 0 radical (unpaired) electrons. The summed E-state index contributed by atoms with van der Waals surface area (Å²) < 4.78 is 5.56. The summed E-state index contributed by atoms with van der Waals surface area (Å²) in [5.74, 6) is 1.03. The first-order chi connectivity index (χ1) is 7.90. The maximum atomic E-state index is 8.68. The van der Waals surface area contributed by atoms with Gasteiger partial charge in [0.2, 0.25) is 0 Å². The molecule has 3 heteroatoms. The van der Waals surface area contributed by atoms with E-state index in [4.69, 9.17) is 9.84 Å². The normalized spacial score (nSPS) is 14.1. The predicted molar refractivity (Wildman–Crippen MR) is 65.1 cm³/mol. The molecule has 0 saturated carbocycles. The third-order valence-corrected chi connectivity index (χ3v) is 2.82. The van der Waals surface area contributed by atoms with Crippen LogP contribution in [0.25, 0.3) is 0 Å². The van der Waals surface area contributed by atoms with Crippen LogP contribution in [0.3, 0.4) is 0 Å². The van der Waals surface area contributed by atoms with Crippen LogP contribution in [0.15, 0.2) is 18.2 Å². The van der Waals surface area contributed by atoms with Crippen molar-refractivity contribution in [2.24, 2.45) is 0 Å². The van der Waals surface area contributed by atoms with Crippen LogP contribution in [-0.4, -0.2) is 24.9 Å². The Morgan fingerprint density at radius 1 is 1.31 bits per heavy atom. The van der Waals surface area contributed by atoms with Crippen molar-refractivity contribution >= 4 is 5.69 Å². The molecule has 0 saturated heterocycles. The van der Waals surface area contributed by atoms with Gasteiger partial charge in [-0.1, -0.05) is 0 Å². The molecule has 1 heterocycles. The molecule has 0 aromatic heterocycles. The summed E-state index contributed by atoms with van der Waals surface area (Å²) in [6.07, 6.45) is 4.09. The van der Waals surface area contributed by atoms with Crippen molar-refractivity contribution in [2.75, 3.05) is 25.1 Å². The van der Waals surface area contributed by atoms with E-state index in [2.05, 4.69) is 17.4 Å². The van der Waals surface area contributed by atoms with Gasteiger partial charge in [-0.2, -0.15) is 0 Å². The lowest BCUT2D eigenvalue weighted by Gasteiger charge is -2.18. The molecule has 3 nitrogen and oxygen atoms in total. The fraction of sp³-hybridized carbons (Fsp3) is 0.538. The van der Waals surface area contributed by atoms with Crippen molar-refractivity contribution < 1.29 is 9.84 Å². The number of hydrogen-bond acceptors (Lipinski definition) is 3. The summed E-state index contributed by atoms with van der Waals surface area (Å²) >= 11 is 0. The summed E-state index contributed by atoms with van der Waals surface area (Å²) in [7, 11) is 0.